The number of anilines is 2. The third kappa shape index (κ3) is 6.46. The Balaban J connectivity index is 1.21. The van der Waals surface area contributed by atoms with Gasteiger partial charge in [0.05, 0.1) is 28.9 Å². The van der Waals surface area contributed by atoms with Crippen LogP contribution in [0.2, 0.25) is 10.0 Å². The van der Waals surface area contributed by atoms with Gasteiger partial charge in [0.2, 0.25) is 0 Å². The Morgan fingerprint density at radius 3 is 2.79 bits per heavy atom. The molecule has 1 amide bonds. The summed E-state index contributed by atoms with van der Waals surface area (Å²) in [4.78, 5) is 43.1. The summed E-state index contributed by atoms with van der Waals surface area (Å²) in [6.45, 7) is 2.32. The Kier molecular flexibility index (Phi) is 8.86. The number of halogens is 2. The highest BCUT2D eigenvalue weighted by Crippen LogP contribution is 2.32. The van der Waals surface area contributed by atoms with E-state index in [2.05, 4.69) is 10.3 Å². The number of carboxylic acids is 1. The summed E-state index contributed by atoms with van der Waals surface area (Å²) in [6, 6.07) is 11.1. The fourth-order valence-electron chi connectivity index (χ4n) is 5.05. The van der Waals surface area contributed by atoms with Crippen molar-refractivity contribution >= 4 is 63.5 Å². The van der Waals surface area contributed by atoms with E-state index in [4.69, 9.17) is 37.5 Å². The third-order valence-electron chi connectivity index (χ3n) is 7.28. The Morgan fingerprint density at radius 2 is 2.00 bits per heavy atom. The lowest BCUT2D eigenvalue weighted by atomic mass is 10.1. The molecule has 10 nitrogen and oxygen atoms in total. The van der Waals surface area contributed by atoms with Crippen molar-refractivity contribution in [1.82, 2.24) is 9.55 Å². The largest absolute Gasteiger partial charge is 0.481 e. The number of carboxylic acid groups (broad SMARTS) is 1. The van der Waals surface area contributed by atoms with E-state index in [0.29, 0.717) is 46.6 Å². The zero-order chi connectivity index (χ0) is 30.0. The number of ketones is 1. The Hall–Kier alpha value is -3.86. The minimum absolute atomic E-state index is 0.0116. The van der Waals surface area contributed by atoms with Gasteiger partial charge in [0, 0.05) is 48.6 Å². The van der Waals surface area contributed by atoms with Crippen molar-refractivity contribution < 1.29 is 28.6 Å². The number of amides is 1. The van der Waals surface area contributed by atoms with Crippen LogP contribution in [0.4, 0.5) is 11.7 Å². The van der Waals surface area contributed by atoms with Crippen LogP contribution < -0.4 is 10.2 Å². The number of rotatable bonds is 11. The number of carbonyl (C=O) groups excluding carboxylic acids is 2. The van der Waals surface area contributed by atoms with Crippen molar-refractivity contribution in [2.75, 3.05) is 16.8 Å². The number of fused-ring (bicyclic) bond motifs is 1. The molecule has 0 bridgehead atoms. The second-order valence-corrected chi connectivity index (χ2v) is 11.1. The van der Waals surface area contributed by atoms with Gasteiger partial charge in [0.1, 0.15) is 18.1 Å². The van der Waals surface area contributed by atoms with E-state index in [1.165, 1.54) is 6.20 Å². The van der Waals surface area contributed by atoms with Crippen LogP contribution in [0.15, 0.2) is 53.2 Å². The van der Waals surface area contributed by atoms with Gasteiger partial charge in [-0.25, -0.2) is 4.98 Å². The maximum absolute atomic E-state index is 13.1. The Bertz CT molecular complexity index is 1650. The number of aryl methyl sites for hydroxylation is 2. The van der Waals surface area contributed by atoms with Gasteiger partial charge in [-0.1, -0.05) is 41.4 Å². The lowest BCUT2D eigenvalue weighted by Crippen LogP contribution is -2.37. The van der Waals surface area contributed by atoms with Gasteiger partial charge >= 0.3 is 5.97 Å². The predicted molar refractivity (Wildman–Crippen MR) is 159 cm³/mol. The topological polar surface area (TPSA) is 127 Å². The molecular formula is C30H30Cl2N4O6. The number of hydrogen-bond acceptors (Lipinski definition) is 7. The molecule has 2 atom stereocenters. The van der Waals surface area contributed by atoms with Crippen molar-refractivity contribution in [1.29, 1.82) is 0 Å². The van der Waals surface area contributed by atoms with Gasteiger partial charge in [-0.15, -0.1) is 0 Å². The lowest BCUT2D eigenvalue weighted by molar-refractivity contribution is -0.137. The minimum atomic E-state index is -0.913. The zero-order valence-electron chi connectivity index (χ0n) is 23.1. The molecule has 0 saturated carbocycles. The molecule has 3 heterocycles. The number of aromatic nitrogens is 2. The van der Waals surface area contributed by atoms with E-state index in [9.17, 15) is 14.4 Å². The van der Waals surface area contributed by atoms with Crippen LogP contribution >= 0.6 is 23.2 Å². The highest BCUT2D eigenvalue weighted by Gasteiger charge is 2.32. The van der Waals surface area contributed by atoms with E-state index in [0.717, 1.165) is 17.3 Å². The zero-order valence-corrected chi connectivity index (χ0v) is 24.6. The first-order valence-corrected chi connectivity index (χ1v) is 14.3. The van der Waals surface area contributed by atoms with E-state index < -0.39 is 18.3 Å². The number of Topliss-reactive ketones (excluding diaryl/α,β-unsaturated/α-hetero) is 1. The molecule has 220 valence electrons. The second-order valence-electron chi connectivity index (χ2n) is 10.3. The third-order valence-corrected chi connectivity index (χ3v) is 7.94. The van der Waals surface area contributed by atoms with Crippen LogP contribution in [-0.2, 0) is 34.2 Å². The van der Waals surface area contributed by atoms with Crippen LogP contribution in [0, 0.1) is 0 Å². The number of ether oxygens (including phenoxy) is 1. The summed E-state index contributed by atoms with van der Waals surface area (Å²) < 4.78 is 13.7. The molecule has 1 saturated heterocycles. The SMILES string of the molecule is CC(O[C@H]1CCCN1c1ncc(CCC(=O)O)o1)C(=O)Cc1cc(Cl)c(NC(=O)c2cn(C)c3ccccc23)cc1Cl. The number of para-hydroxylation sites is 1. The van der Waals surface area contributed by atoms with Crippen molar-refractivity contribution in [2.24, 2.45) is 7.05 Å². The van der Waals surface area contributed by atoms with Crippen molar-refractivity contribution in [3.05, 3.63) is 75.7 Å². The van der Waals surface area contributed by atoms with Crippen LogP contribution in [0.25, 0.3) is 10.9 Å². The molecule has 1 unspecified atom stereocenters. The first-order chi connectivity index (χ1) is 20.1. The average Bonchev–Trinajstić information content (AvgIpc) is 3.69. The monoisotopic (exact) mass is 612 g/mol. The molecular weight excluding hydrogens is 583 g/mol. The van der Waals surface area contributed by atoms with Crippen LogP contribution in [0.3, 0.4) is 0 Å². The quantitative estimate of drug-likeness (QED) is 0.215. The van der Waals surface area contributed by atoms with Crippen molar-refractivity contribution in [2.45, 2.75) is 51.4 Å². The molecule has 0 aliphatic carbocycles. The first-order valence-electron chi connectivity index (χ1n) is 13.6. The maximum atomic E-state index is 13.1. The van der Waals surface area contributed by atoms with Gasteiger partial charge in [-0.2, -0.15) is 0 Å². The number of oxazole rings is 1. The molecule has 42 heavy (non-hydrogen) atoms. The highest BCUT2D eigenvalue weighted by atomic mass is 35.5. The Labute approximate surface area is 252 Å². The van der Waals surface area contributed by atoms with Gasteiger partial charge in [-0.05, 0) is 43.5 Å². The molecule has 1 aliphatic heterocycles. The average molecular weight is 613 g/mol. The van der Waals surface area contributed by atoms with Crippen LogP contribution in [-0.4, -0.2) is 51.2 Å². The fourth-order valence-corrected chi connectivity index (χ4v) is 5.51. The predicted octanol–water partition coefficient (Wildman–Crippen LogP) is 5.89. The molecule has 0 radical (unpaired) electrons. The summed E-state index contributed by atoms with van der Waals surface area (Å²) in [5, 5.41) is 13.1. The fraction of sp³-hybridized carbons (Fsp3) is 0.333. The molecule has 5 rings (SSSR count). The standard InChI is InChI=1S/C30H30Cl2N4O6/c1-17(41-27-8-5-11-36(27)30-33-15-19(42-30)9-10-28(38)39)26(37)13-18-12-23(32)24(14-22(18)31)34-29(40)21-16-35(2)25-7-4-3-6-20(21)25/h3-4,6-7,12,14-17,27H,5,8-11,13H2,1-2H3,(H,34,40)(H,38,39)/t17?,27-/m0/s1. The number of carbonyl (C=O) groups is 3. The second kappa shape index (κ2) is 12.6. The smallest absolute Gasteiger partial charge is 0.303 e. The normalized spacial score (nSPS) is 15.7. The van der Waals surface area contributed by atoms with E-state index in [1.807, 2.05) is 40.8 Å². The van der Waals surface area contributed by atoms with E-state index >= 15 is 0 Å². The summed E-state index contributed by atoms with van der Waals surface area (Å²) in [7, 11) is 1.87. The number of nitrogens with zero attached hydrogens (tertiary/aromatic N) is 3. The lowest BCUT2D eigenvalue weighted by Gasteiger charge is -2.26. The molecule has 2 aromatic carbocycles. The van der Waals surface area contributed by atoms with Crippen LogP contribution in [0.5, 0.6) is 0 Å². The molecule has 2 N–H and O–H groups in total. The summed E-state index contributed by atoms with van der Waals surface area (Å²) >= 11 is 13.0. The molecule has 4 aromatic rings. The summed E-state index contributed by atoms with van der Waals surface area (Å²) in [5.74, 6) is -0.950. The molecule has 12 heteroatoms. The summed E-state index contributed by atoms with van der Waals surface area (Å²) in [5.41, 5.74) is 2.30. The first kappa shape index (κ1) is 29.6. The number of nitrogens with one attached hydrogen (secondary N) is 1. The van der Waals surface area contributed by atoms with Crippen molar-refractivity contribution in [3.8, 4) is 0 Å². The number of hydrogen-bond donors (Lipinski definition) is 2. The number of benzene rings is 2. The van der Waals surface area contributed by atoms with Crippen LogP contribution in [0.1, 0.15) is 47.9 Å². The highest BCUT2D eigenvalue weighted by molar-refractivity contribution is 6.36. The van der Waals surface area contributed by atoms with Gasteiger partial charge in [-0.3, -0.25) is 14.4 Å². The van der Waals surface area contributed by atoms with Gasteiger partial charge in [0.15, 0.2) is 5.78 Å². The van der Waals surface area contributed by atoms with Crippen molar-refractivity contribution in [3.63, 3.8) is 0 Å². The summed E-state index contributed by atoms with van der Waals surface area (Å²) in [6.07, 6.45) is 3.79. The minimum Gasteiger partial charge on any atom is -0.481 e. The molecule has 0 spiro atoms. The molecule has 2 aromatic heterocycles. The number of aliphatic carboxylic acids is 1. The molecule has 1 fully saturated rings. The van der Waals surface area contributed by atoms with Gasteiger partial charge < -0.3 is 29.0 Å². The Morgan fingerprint density at radius 1 is 1.21 bits per heavy atom. The van der Waals surface area contributed by atoms with E-state index in [1.54, 1.807) is 25.3 Å². The molecule has 1 aliphatic rings. The van der Waals surface area contributed by atoms with Gasteiger partial charge in [0.25, 0.3) is 11.9 Å². The van der Waals surface area contributed by atoms with E-state index in [-0.39, 0.29) is 36.0 Å². The maximum Gasteiger partial charge on any atom is 0.303 e.